The Labute approximate surface area is 176 Å². The molecule has 3 rings (SSSR count). The van der Waals surface area contributed by atoms with Gasteiger partial charge in [-0.15, -0.1) is 0 Å². The van der Waals surface area contributed by atoms with E-state index in [4.69, 9.17) is 16.3 Å². The summed E-state index contributed by atoms with van der Waals surface area (Å²) in [5, 5.41) is 0.0640. The molecule has 0 aliphatic heterocycles. The maximum absolute atomic E-state index is 13.7. The third-order valence-corrected chi connectivity index (χ3v) is 6.89. The minimum Gasteiger partial charge on any atom is -0.362 e. The molecule has 1 atom stereocenters. The zero-order chi connectivity index (χ0) is 21.2. The molecule has 1 saturated carbocycles. The van der Waals surface area contributed by atoms with Crippen molar-refractivity contribution in [2.45, 2.75) is 69.6 Å². The summed E-state index contributed by atoms with van der Waals surface area (Å²) in [4.78, 5) is 7.30. The lowest BCUT2D eigenvalue weighted by Crippen LogP contribution is -2.33. The first-order valence-corrected chi connectivity index (χ1v) is 12.3. The van der Waals surface area contributed by atoms with Crippen LogP contribution in [0.2, 0.25) is 5.02 Å². The number of nitrogens with one attached hydrogen (secondary N) is 1. The summed E-state index contributed by atoms with van der Waals surface area (Å²) in [6, 6.07) is 4.40. The number of ether oxygens (including phenoxy) is 1. The summed E-state index contributed by atoms with van der Waals surface area (Å²) >= 11 is 5.98. The molecule has 1 aliphatic carbocycles. The minimum absolute atomic E-state index is 0.00577. The lowest BCUT2D eigenvalue weighted by molar-refractivity contribution is -0.0669. The molecule has 1 fully saturated rings. The van der Waals surface area contributed by atoms with Crippen molar-refractivity contribution < 1.29 is 17.5 Å². The molecule has 29 heavy (non-hydrogen) atoms. The Bertz CT molecular complexity index is 955. The molecule has 0 spiro atoms. The average molecular weight is 443 g/mol. The molecule has 5 nitrogen and oxygen atoms in total. The molecule has 0 radical (unpaired) electrons. The fraction of sp³-hybridized carbons (Fsp3) is 0.571. The molecule has 1 aromatic heterocycles. The molecule has 2 aromatic rings. The van der Waals surface area contributed by atoms with Crippen LogP contribution in [-0.4, -0.2) is 30.7 Å². The van der Waals surface area contributed by atoms with Crippen LogP contribution >= 0.6 is 11.6 Å². The maximum Gasteiger partial charge on any atom is 0.192 e. The van der Waals surface area contributed by atoms with Crippen molar-refractivity contribution in [1.82, 2.24) is 9.97 Å². The van der Waals surface area contributed by atoms with E-state index in [0.717, 1.165) is 19.1 Å². The average Bonchev–Trinajstić information content (AvgIpc) is 3.00. The minimum atomic E-state index is -3.44. The number of H-pyrrole nitrogens is 1. The van der Waals surface area contributed by atoms with Gasteiger partial charge in [0.25, 0.3) is 0 Å². The van der Waals surface area contributed by atoms with E-state index >= 15 is 0 Å². The highest BCUT2D eigenvalue weighted by atomic mass is 35.5. The van der Waals surface area contributed by atoms with E-state index in [9.17, 15) is 12.8 Å². The van der Waals surface area contributed by atoms with Gasteiger partial charge in [0, 0.05) is 6.26 Å². The number of nitrogens with zero attached hydrogens (tertiary/aromatic N) is 1. The zero-order valence-corrected chi connectivity index (χ0v) is 18.6. The predicted molar refractivity (Wildman–Crippen MR) is 111 cm³/mol. The lowest BCUT2D eigenvalue weighted by Gasteiger charge is -2.37. The van der Waals surface area contributed by atoms with E-state index in [0.29, 0.717) is 23.0 Å². The highest BCUT2D eigenvalue weighted by Crippen LogP contribution is 2.39. The summed E-state index contributed by atoms with van der Waals surface area (Å²) in [5.41, 5.74) is 1.02. The SMILES string of the molecule is CCCCCC1CC(OC(c2ccc(F)c(Cl)c2)c2nc(C)c(S(C)(=O)=O)[nH]2)C1. The zero-order valence-electron chi connectivity index (χ0n) is 17.0. The molecular weight excluding hydrogens is 415 g/mol. The fourth-order valence-corrected chi connectivity index (χ4v) is 4.89. The van der Waals surface area contributed by atoms with Crippen LogP contribution in [0, 0.1) is 18.7 Å². The molecule has 8 heteroatoms. The van der Waals surface area contributed by atoms with E-state index < -0.39 is 21.8 Å². The molecular formula is C21H28ClFN2O3S. The van der Waals surface area contributed by atoms with Crippen LogP contribution in [0.4, 0.5) is 4.39 Å². The van der Waals surface area contributed by atoms with Gasteiger partial charge in [0.05, 0.1) is 16.8 Å². The Kier molecular flexibility index (Phi) is 7.02. The van der Waals surface area contributed by atoms with Crippen molar-refractivity contribution in [1.29, 1.82) is 0 Å². The first kappa shape index (κ1) is 22.2. The Morgan fingerprint density at radius 1 is 1.34 bits per heavy atom. The van der Waals surface area contributed by atoms with Crippen molar-refractivity contribution in [2.75, 3.05) is 6.26 Å². The molecule has 1 heterocycles. The van der Waals surface area contributed by atoms with Gasteiger partial charge in [-0.1, -0.05) is 50.3 Å². The Morgan fingerprint density at radius 2 is 2.07 bits per heavy atom. The van der Waals surface area contributed by atoms with Crippen LogP contribution in [0.25, 0.3) is 0 Å². The Balaban J connectivity index is 1.81. The first-order valence-electron chi connectivity index (χ1n) is 10.1. The summed E-state index contributed by atoms with van der Waals surface area (Å²) in [5.74, 6) is 0.537. The molecule has 0 amide bonds. The molecule has 160 valence electrons. The molecule has 1 N–H and O–H groups in total. The van der Waals surface area contributed by atoms with E-state index in [1.54, 1.807) is 13.0 Å². The normalized spacial score (nSPS) is 20.4. The van der Waals surface area contributed by atoms with Crippen LogP contribution in [0.1, 0.15) is 68.6 Å². The number of unbranched alkanes of at least 4 members (excludes halogenated alkanes) is 2. The van der Waals surface area contributed by atoms with Gasteiger partial charge >= 0.3 is 0 Å². The highest BCUT2D eigenvalue weighted by molar-refractivity contribution is 7.90. The number of aryl methyl sites for hydroxylation is 1. The molecule has 0 bridgehead atoms. The van der Waals surface area contributed by atoms with Gasteiger partial charge in [-0.25, -0.2) is 17.8 Å². The second kappa shape index (κ2) is 9.14. The fourth-order valence-electron chi connectivity index (χ4n) is 3.82. The number of hydrogen-bond donors (Lipinski definition) is 1. The monoisotopic (exact) mass is 442 g/mol. The largest absolute Gasteiger partial charge is 0.362 e. The molecule has 1 aliphatic rings. The van der Waals surface area contributed by atoms with Crippen molar-refractivity contribution in [2.24, 2.45) is 5.92 Å². The number of aromatic amines is 1. The van der Waals surface area contributed by atoms with Gasteiger partial charge in [-0.3, -0.25) is 0 Å². The number of hydrogen-bond acceptors (Lipinski definition) is 4. The highest BCUT2D eigenvalue weighted by Gasteiger charge is 2.34. The van der Waals surface area contributed by atoms with Gasteiger partial charge in [-0.2, -0.15) is 0 Å². The second-order valence-corrected chi connectivity index (χ2v) is 10.3. The second-order valence-electron chi connectivity index (χ2n) is 7.95. The van der Waals surface area contributed by atoms with Gasteiger partial charge in [0.2, 0.25) is 0 Å². The molecule has 1 aromatic carbocycles. The van der Waals surface area contributed by atoms with Crippen LogP contribution < -0.4 is 0 Å². The summed E-state index contributed by atoms with van der Waals surface area (Å²) in [6.07, 6.45) is 7.39. The van der Waals surface area contributed by atoms with Crippen LogP contribution in [0.15, 0.2) is 23.2 Å². The Morgan fingerprint density at radius 3 is 2.66 bits per heavy atom. The summed E-state index contributed by atoms with van der Waals surface area (Å²) in [6.45, 7) is 3.83. The van der Waals surface area contributed by atoms with Gasteiger partial charge in [-0.05, 0) is 43.4 Å². The van der Waals surface area contributed by atoms with E-state index in [1.165, 1.54) is 37.8 Å². The smallest absolute Gasteiger partial charge is 0.192 e. The first-order chi connectivity index (χ1) is 13.7. The van der Waals surface area contributed by atoms with Gasteiger partial charge < -0.3 is 9.72 Å². The van der Waals surface area contributed by atoms with Gasteiger partial charge in [0.1, 0.15) is 17.7 Å². The van der Waals surface area contributed by atoms with Crippen molar-refractivity contribution in [3.63, 3.8) is 0 Å². The Hall–Kier alpha value is -1.44. The number of rotatable bonds is 9. The predicted octanol–water partition coefficient (Wildman–Crippen LogP) is 5.38. The van der Waals surface area contributed by atoms with Crippen molar-refractivity contribution >= 4 is 21.4 Å². The topological polar surface area (TPSA) is 72.0 Å². The van der Waals surface area contributed by atoms with E-state index in [-0.39, 0.29) is 16.2 Å². The van der Waals surface area contributed by atoms with Gasteiger partial charge in [0.15, 0.2) is 14.9 Å². The summed E-state index contributed by atoms with van der Waals surface area (Å²) < 4.78 is 44.0. The number of aromatic nitrogens is 2. The third-order valence-electron chi connectivity index (χ3n) is 5.46. The number of imidazole rings is 1. The van der Waals surface area contributed by atoms with E-state index in [2.05, 4.69) is 16.9 Å². The standard InChI is InChI=1S/C21H28ClFN2O3S/c1-4-5-6-7-14-10-16(11-14)28-19(15-8-9-18(23)17(22)12-15)20-24-13(2)21(25-20)29(3,26)27/h8-9,12,14,16,19H,4-7,10-11H2,1-3H3,(H,24,25). The molecule has 0 saturated heterocycles. The third kappa shape index (κ3) is 5.38. The van der Waals surface area contributed by atoms with Crippen molar-refractivity contribution in [3.05, 3.63) is 46.1 Å². The van der Waals surface area contributed by atoms with Crippen LogP contribution in [-0.2, 0) is 14.6 Å². The van der Waals surface area contributed by atoms with Crippen molar-refractivity contribution in [3.8, 4) is 0 Å². The number of sulfone groups is 1. The van der Waals surface area contributed by atoms with Crippen LogP contribution in [0.5, 0.6) is 0 Å². The van der Waals surface area contributed by atoms with E-state index in [1.807, 2.05) is 0 Å². The van der Waals surface area contributed by atoms with Crippen LogP contribution in [0.3, 0.4) is 0 Å². The lowest BCUT2D eigenvalue weighted by atomic mass is 9.79. The molecule has 1 unspecified atom stereocenters. The quantitative estimate of drug-likeness (QED) is 0.529. The summed E-state index contributed by atoms with van der Waals surface area (Å²) in [7, 11) is -3.44. The number of halogens is 2. The number of benzene rings is 1. The maximum atomic E-state index is 13.7.